The Balaban J connectivity index is 1.37. The minimum atomic E-state index is -0.228. The van der Waals surface area contributed by atoms with Crippen LogP contribution >= 0.6 is 11.3 Å². The van der Waals surface area contributed by atoms with E-state index in [1.54, 1.807) is 11.3 Å². The molecule has 0 unspecified atom stereocenters. The predicted octanol–water partition coefficient (Wildman–Crippen LogP) is 5.29. The average molecular weight is 380 g/mol. The number of carbonyl (C=O) groups excluding carboxylic acids is 1. The maximum atomic E-state index is 13.2. The highest BCUT2D eigenvalue weighted by molar-refractivity contribution is 7.18. The Kier molecular flexibility index (Phi) is 4.20. The summed E-state index contributed by atoms with van der Waals surface area (Å²) in [7, 11) is 0. The molecule has 5 heteroatoms. The first-order chi connectivity index (χ1) is 13.2. The van der Waals surface area contributed by atoms with Gasteiger partial charge in [-0.1, -0.05) is 24.3 Å². The maximum Gasteiger partial charge on any atom is 0.226 e. The lowest BCUT2D eigenvalue weighted by molar-refractivity contribution is -0.136. The number of fused-ring (bicyclic) bond motifs is 1. The number of nitrogens with zero attached hydrogens (tertiary/aromatic N) is 2. The maximum absolute atomic E-state index is 13.2. The van der Waals surface area contributed by atoms with Crippen LogP contribution in [-0.4, -0.2) is 22.3 Å². The van der Waals surface area contributed by atoms with Crippen LogP contribution in [0.15, 0.2) is 48.5 Å². The Morgan fingerprint density at radius 1 is 1.11 bits per heavy atom. The van der Waals surface area contributed by atoms with Gasteiger partial charge in [-0.3, -0.25) is 4.79 Å². The molecule has 1 saturated heterocycles. The zero-order valence-electron chi connectivity index (χ0n) is 15.0. The van der Waals surface area contributed by atoms with E-state index in [0.29, 0.717) is 0 Å². The van der Waals surface area contributed by atoms with E-state index in [-0.39, 0.29) is 29.6 Å². The van der Waals surface area contributed by atoms with Crippen LogP contribution in [0.4, 0.5) is 4.39 Å². The molecule has 0 N–H and O–H groups in total. The van der Waals surface area contributed by atoms with E-state index >= 15 is 0 Å². The summed E-state index contributed by atoms with van der Waals surface area (Å²) in [5.41, 5.74) is 2.09. The van der Waals surface area contributed by atoms with E-state index in [2.05, 4.69) is 11.0 Å². The van der Waals surface area contributed by atoms with Crippen LogP contribution in [0.2, 0.25) is 0 Å². The lowest BCUT2D eigenvalue weighted by Crippen LogP contribution is -2.39. The fraction of sp³-hybridized carbons (Fsp3) is 0.364. The summed E-state index contributed by atoms with van der Waals surface area (Å²) in [4.78, 5) is 20.1. The highest BCUT2D eigenvalue weighted by atomic mass is 32.1. The van der Waals surface area contributed by atoms with Crippen molar-refractivity contribution in [3.8, 4) is 0 Å². The first-order valence-electron chi connectivity index (χ1n) is 9.62. The summed E-state index contributed by atoms with van der Waals surface area (Å²) < 4.78 is 14.3. The molecule has 27 heavy (non-hydrogen) atoms. The number of aromatic nitrogens is 1. The second-order valence-electron chi connectivity index (χ2n) is 7.56. The number of hydrogen-bond acceptors (Lipinski definition) is 3. The van der Waals surface area contributed by atoms with Gasteiger partial charge < -0.3 is 4.90 Å². The molecule has 0 radical (unpaired) electrons. The molecule has 1 aliphatic carbocycles. The van der Waals surface area contributed by atoms with Gasteiger partial charge in [0.15, 0.2) is 0 Å². The van der Waals surface area contributed by atoms with E-state index in [1.165, 1.54) is 16.8 Å². The summed E-state index contributed by atoms with van der Waals surface area (Å²) in [6.07, 6.45) is 4.05. The number of benzene rings is 2. The van der Waals surface area contributed by atoms with Crippen molar-refractivity contribution in [2.75, 3.05) is 6.54 Å². The highest BCUT2D eigenvalue weighted by Crippen LogP contribution is 2.50. The average Bonchev–Trinajstić information content (AvgIpc) is 3.38. The molecule has 1 aromatic heterocycles. The van der Waals surface area contributed by atoms with Crippen LogP contribution in [0.5, 0.6) is 0 Å². The number of carbonyl (C=O) groups is 1. The zero-order valence-corrected chi connectivity index (χ0v) is 15.8. The fourth-order valence-electron chi connectivity index (χ4n) is 4.24. The van der Waals surface area contributed by atoms with E-state index in [1.807, 2.05) is 30.3 Å². The molecule has 5 rings (SSSR count). The molecule has 3 aromatic rings. The van der Waals surface area contributed by atoms with Crippen molar-refractivity contribution in [3.05, 3.63) is 64.9 Å². The van der Waals surface area contributed by atoms with Gasteiger partial charge in [-0.15, -0.1) is 11.3 Å². The van der Waals surface area contributed by atoms with Crippen LogP contribution in [0.3, 0.4) is 0 Å². The van der Waals surface area contributed by atoms with E-state index < -0.39 is 0 Å². The van der Waals surface area contributed by atoms with Crippen LogP contribution in [0.1, 0.15) is 48.2 Å². The summed E-state index contributed by atoms with van der Waals surface area (Å²) in [6, 6.07) is 14.9. The van der Waals surface area contributed by atoms with Gasteiger partial charge in [0, 0.05) is 12.5 Å². The normalized spacial score (nSPS) is 24.9. The van der Waals surface area contributed by atoms with Crippen molar-refractivity contribution in [2.24, 2.45) is 5.92 Å². The van der Waals surface area contributed by atoms with Gasteiger partial charge in [-0.25, -0.2) is 9.37 Å². The van der Waals surface area contributed by atoms with Crippen LogP contribution < -0.4 is 0 Å². The zero-order chi connectivity index (χ0) is 18.4. The SMILES string of the molecule is O=C([C@@H]1C[C@@H]1c1ccc(F)cc1)N1CCCC[C@@H]1c1nc2ccccc2s1. The predicted molar refractivity (Wildman–Crippen MR) is 105 cm³/mol. The largest absolute Gasteiger partial charge is 0.333 e. The monoisotopic (exact) mass is 380 g/mol. The fourth-order valence-corrected chi connectivity index (χ4v) is 5.36. The third-order valence-corrected chi connectivity index (χ3v) is 6.92. The minimum absolute atomic E-state index is 0.0328. The third kappa shape index (κ3) is 3.14. The van der Waals surface area contributed by atoms with Crippen molar-refractivity contribution >= 4 is 27.5 Å². The molecule has 1 amide bonds. The molecule has 0 spiro atoms. The Hall–Kier alpha value is -2.27. The van der Waals surface area contributed by atoms with Crippen molar-refractivity contribution in [2.45, 2.75) is 37.6 Å². The standard InChI is InChI=1S/C22H21FN2OS/c23-15-10-8-14(9-11-15)16-13-17(16)22(26)25-12-4-3-6-19(25)21-24-18-5-1-2-7-20(18)27-21/h1-2,5,7-11,16-17,19H,3-4,6,12-13H2/t16-,17-,19-/m1/s1. The smallest absolute Gasteiger partial charge is 0.226 e. The van der Waals surface area contributed by atoms with E-state index in [4.69, 9.17) is 4.98 Å². The van der Waals surface area contributed by atoms with Crippen molar-refractivity contribution in [1.82, 2.24) is 9.88 Å². The lowest BCUT2D eigenvalue weighted by Gasteiger charge is -2.35. The Morgan fingerprint density at radius 2 is 1.93 bits per heavy atom. The van der Waals surface area contributed by atoms with Gasteiger partial charge in [0.05, 0.1) is 16.3 Å². The Labute approximate surface area is 161 Å². The summed E-state index contributed by atoms with van der Waals surface area (Å²) in [5, 5.41) is 1.06. The van der Waals surface area contributed by atoms with Gasteiger partial charge in [-0.05, 0) is 61.4 Å². The van der Waals surface area contributed by atoms with Gasteiger partial charge >= 0.3 is 0 Å². The topological polar surface area (TPSA) is 33.2 Å². The Morgan fingerprint density at radius 3 is 2.74 bits per heavy atom. The van der Waals surface area contributed by atoms with Crippen LogP contribution in [-0.2, 0) is 4.79 Å². The molecule has 0 bridgehead atoms. The van der Waals surface area contributed by atoms with E-state index in [9.17, 15) is 9.18 Å². The van der Waals surface area contributed by atoms with Crippen molar-refractivity contribution in [3.63, 3.8) is 0 Å². The van der Waals surface area contributed by atoms with Gasteiger partial charge in [0.2, 0.25) is 5.91 Å². The van der Waals surface area contributed by atoms with E-state index in [0.717, 1.165) is 48.3 Å². The van der Waals surface area contributed by atoms with Crippen LogP contribution in [0, 0.1) is 11.7 Å². The summed E-state index contributed by atoms with van der Waals surface area (Å²) in [6.45, 7) is 0.812. The lowest BCUT2D eigenvalue weighted by atomic mass is 10.0. The second-order valence-corrected chi connectivity index (χ2v) is 8.63. The summed E-state index contributed by atoms with van der Waals surface area (Å²) >= 11 is 1.71. The highest BCUT2D eigenvalue weighted by Gasteiger charge is 2.47. The molecule has 2 aliphatic rings. The molecule has 1 aliphatic heterocycles. The molecular formula is C22H21FN2OS. The van der Waals surface area contributed by atoms with Gasteiger partial charge in [-0.2, -0.15) is 0 Å². The molecule has 3 nitrogen and oxygen atoms in total. The molecule has 3 atom stereocenters. The molecule has 2 aromatic carbocycles. The minimum Gasteiger partial charge on any atom is -0.333 e. The van der Waals surface area contributed by atoms with Crippen LogP contribution in [0.25, 0.3) is 10.2 Å². The number of amides is 1. The van der Waals surface area contributed by atoms with Gasteiger partial charge in [0.1, 0.15) is 10.8 Å². The Bertz CT molecular complexity index is 950. The second kappa shape index (κ2) is 6.71. The quantitative estimate of drug-likeness (QED) is 0.618. The van der Waals surface area contributed by atoms with Crippen molar-refractivity contribution in [1.29, 1.82) is 0 Å². The number of para-hydroxylation sites is 1. The number of rotatable bonds is 3. The van der Waals surface area contributed by atoms with Gasteiger partial charge in [0.25, 0.3) is 0 Å². The number of halogens is 1. The number of thiazole rings is 1. The first kappa shape index (κ1) is 16.9. The molecule has 1 saturated carbocycles. The summed E-state index contributed by atoms with van der Waals surface area (Å²) in [5.74, 6) is 0.281. The molecule has 2 heterocycles. The number of likely N-dealkylation sites (tertiary alicyclic amines) is 1. The first-order valence-corrected chi connectivity index (χ1v) is 10.4. The molecule has 2 fully saturated rings. The number of piperidine rings is 1. The molecular weight excluding hydrogens is 359 g/mol. The molecule has 138 valence electrons. The number of hydrogen-bond donors (Lipinski definition) is 0. The third-order valence-electron chi connectivity index (χ3n) is 5.79. The van der Waals surface area contributed by atoms with Crippen molar-refractivity contribution < 1.29 is 9.18 Å².